The molecule has 3 N–H and O–H groups in total. The Morgan fingerprint density at radius 3 is 2.62 bits per heavy atom. The number of ether oxygens (including phenoxy) is 2. The summed E-state index contributed by atoms with van der Waals surface area (Å²) >= 11 is 0. The van der Waals surface area contributed by atoms with Crippen molar-refractivity contribution >= 4 is 0 Å². The van der Waals surface area contributed by atoms with Crippen molar-refractivity contribution in [3.8, 4) is 0 Å². The molecule has 4 nitrogen and oxygen atoms in total. The van der Waals surface area contributed by atoms with Crippen LogP contribution in [-0.4, -0.2) is 45.6 Å². The molecule has 0 aromatic rings. The normalized spacial score (nSPS) is 19.2. The minimum Gasteiger partial charge on any atom is -0.378 e. The summed E-state index contributed by atoms with van der Waals surface area (Å²) in [6, 6.07) is 0. The first-order valence-corrected chi connectivity index (χ1v) is 5.03. The number of nitrogens with two attached hydrogens (primary N) is 1. The number of nitrogens with one attached hydrogen (secondary N) is 1. The highest BCUT2D eigenvalue weighted by atomic mass is 16.5. The molecule has 0 aromatic heterocycles. The van der Waals surface area contributed by atoms with E-state index >= 15 is 0 Å². The van der Waals surface area contributed by atoms with Crippen LogP contribution in [0.4, 0.5) is 0 Å². The Morgan fingerprint density at radius 1 is 1.15 bits per heavy atom. The summed E-state index contributed by atoms with van der Waals surface area (Å²) in [7, 11) is 0. The fraction of sp³-hybridized carbons (Fsp3) is 1.00. The maximum Gasteiger partial charge on any atom is 0.0704 e. The SMILES string of the molecule is NCCOCCOC1CCNCC1. The van der Waals surface area contributed by atoms with Crippen LogP contribution in [0.15, 0.2) is 0 Å². The van der Waals surface area contributed by atoms with Crippen molar-refractivity contribution in [2.24, 2.45) is 5.73 Å². The van der Waals surface area contributed by atoms with Crippen molar-refractivity contribution in [2.45, 2.75) is 18.9 Å². The molecule has 0 bridgehead atoms. The van der Waals surface area contributed by atoms with Crippen LogP contribution in [0.5, 0.6) is 0 Å². The topological polar surface area (TPSA) is 56.5 Å². The molecule has 0 unspecified atom stereocenters. The Balaban J connectivity index is 1.86. The predicted molar refractivity (Wildman–Crippen MR) is 51.7 cm³/mol. The van der Waals surface area contributed by atoms with Gasteiger partial charge < -0.3 is 20.5 Å². The summed E-state index contributed by atoms with van der Waals surface area (Å²) in [5, 5.41) is 3.30. The summed E-state index contributed by atoms with van der Waals surface area (Å²) in [4.78, 5) is 0. The second kappa shape index (κ2) is 7.26. The lowest BCUT2D eigenvalue weighted by Crippen LogP contribution is -2.33. The van der Waals surface area contributed by atoms with E-state index in [4.69, 9.17) is 15.2 Å². The monoisotopic (exact) mass is 188 g/mol. The zero-order valence-electron chi connectivity index (χ0n) is 8.13. The van der Waals surface area contributed by atoms with Crippen molar-refractivity contribution < 1.29 is 9.47 Å². The Kier molecular flexibility index (Phi) is 6.10. The molecule has 0 amide bonds. The summed E-state index contributed by atoms with van der Waals surface area (Å²) in [6.45, 7) is 4.75. The fourth-order valence-electron chi connectivity index (χ4n) is 1.42. The van der Waals surface area contributed by atoms with E-state index in [0.29, 0.717) is 32.5 Å². The minimum atomic E-state index is 0.433. The van der Waals surface area contributed by atoms with Crippen molar-refractivity contribution in [3.63, 3.8) is 0 Å². The highest BCUT2D eigenvalue weighted by Crippen LogP contribution is 2.06. The standard InChI is InChI=1S/C9H20N2O2/c10-3-6-12-7-8-13-9-1-4-11-5-2-9/h9,11H,1-8,10H2. The van der Waals surface area contributed by atoms with E-state index in [2.05, 4.69) is 5.32 Å². The molecule has 0 atom stereocenters. The third-order valence-corrected chi connectivity index (χ3v) is 2.13. The van der Waals surface area contributed by atoms with E-state index in [0.717, 1.165) is 25.9 Å². The largest absolute Gasteiger partial charge is 0.378 e. The average Bonchev–Trinajstić information content (AvgIpc) is 2.19. The van der Waals surface area contributed by atoms with Gasteiger partial charge in [0.2, 0.25) is 0 Å². The number of hydrogen-bond donors (Lipinski definition) is 2. The number of hydrogen-bond acceptors (Lipinski definition) is 4. The first-order valence-electron chi connectivity index (χ1n) is 5.03. The second-order valence-electron chi connectivity index (χ2n) is 3.22. The maximum atomic E-state index is 5.62. The van der Waals surface area contributed by atoms with Gasteiger partial charge >= 0.3 is 0 Å². The molecular formula is C9H20N2O2. The van der Waals surface area contributed by atoms with Crippen LogP contribution in [-0.2, 0) is 9.47 Å². The van der Waals surface area contributed by atoms with Crippen molar-refractivity contribution in [3.05, 3.63) is 0 Å². The summed E-state index contributed by atoms with van der Waals surface area (Å²) < 4.78 is 10.8. The molecule has 78 valence electrons. The highest BCUT2D eigenvalue weighted by molar-refractivity contribution is 4.67. The third-order valence-electron chi connectivity index (χ3n) is 2.13. The third kappa shape index (κ3) is 5.21. The van der Waals surface area contributed by atoms with E-state index in [1.54, 1.807) is 0 Å². The first kappa shape index (κ1) is 10.9. The van der Waals surface area contributed by atoms with E-state index in [9.17, 15) is 0 Å². The Morgan fingerprint density at radius 2 is 1.92 bits per heavy atom. The van der Waals surface area contributed by atoms with E-state index in [-0.39, 0.29) is 0 Å². The highest BCUT2D eigenvalue weighted by Gasteiger charge is 2.12. The molecule has 1 saturated heterocycles. The molecule has 0 aliphatic carbocycles. The zero-order chi connectivity index (χ0) is 9.36. The Bertz CT molecular complexity index is 116. The van der Waals surface area contributed by atoms with E-state index in [1.165, 1.54) is 0 Å². The van der Waals surface area contributed by atoms with Gasteiger partial charge in [-0.3, -0.25) is 0 Å². The quantitative estimate of drug-likeness (QED) is 0.563. The van der Waals surface area contributed by atoms with Crippen LogP contribution in [0.2, 0.25) is 0 Å². The summed E-state index contributed by atoms with van der Waals surface area (Å²) in [5.74, 6) is 0. The van der Waals surface area contributed by atoms with Gasteiger partial charge in [-0.2, -0.15) is 0 Å². The van der Waals surface area contributed by atoms with Gasteiger partial charge in [-0.25, -0.2) is 0 Å². The Hall–Kier alpha value is -0.160. The van der Waals surface area contributed by atoms with Crippen molar-refractivity contribution in [1.29, 1.82) is 0 Å². The van der Waals surface area contributed by atoms with Gasteiger partial charge in [0.25, 0.3) is 0 Å². The van der Waals surface area contributed by atoms with Crippen LogP contribution in [0.3, 0.4) is 0 Å². The van der Waals surface area contributed by atoms with Gasteiger partial charge in [0.1, 0.15) is 0 Å². The molecule has 1 heterocycles. The average molecular weight is 188 g/mol. The molecule has 13 heavy (non-hydrogen) atoms. The second-order valence-corrected chi connectivity index (χ2v) is 3.22. The lowest BCUT2D eigenvalue weighted by Gasteiger charge is -2.22. The van der Waals surface area contributed by atoms with Crippen LogP contribution < -0.4 is 11.1 Å². The van der Waals surface area contributed by atoms with Crippen molar-refractivity contribution in [1.82, 2.24) is 5.32 Å². The van der Waals surface area contributed by atoms with Crippen LogP contribution in [0.1, 0.15) is 12.8 Å². The van der Waals surface area contributed by atoms with Gasteiger partial charge in [0.15, 0.2) is 0 Å². The van der Waals surface area contributed by atoms with E-state index < -0.39 is 0 Å². The summed E-state index contributed by atoms with van der Waals surface area (Å²) in [6.07, 6.45) is 2.68. The van der Waals surface area contributed by atoms with Crippen LogP contribution in [0, 0.1) is 0 Å². The van der Waals surface area contributed by atoms with E-state index in [1.807, 2.05) is 0 Å². The molecule has 0 saturated carbocycles. The predicted octanol–water partition coefficient (Wildman–Crippen LogP) is -0.270. The van der Waals surface area contributed by atoms with Gasteiger partial charge in [0, 0.05) is 6.54 Å². The Labute approximate surface area is 79.8 Å². The molecular weight excluding hydrogens is 168 g/mol. The zero-order valence-corrected chi connectivity index (χ0v) is 8.13. The van der Waals surface area contributed by atoms with Gasteiger partial charge in [-0.15, -0.1) is 0 Å². The molecule has 1 rings (SSSR count). The smallest absolute Gasteiger partial charge is 0.0704 e. The maximum absolute atomic E-state index is 5.62. The van der Waals surface area contributed by atoms with Gasteiger partial charge in [0.05, 0.1) is 25.9 Å². The van der Waals surface area contributed by atoms with Gasteiger partial charge in [-0.05, 0) is 25.9 Å². The lowest BCUT2D eigenvalue weighted by atomic mass is 10.1. The van der Waals surface area contributed by atoms with Crippen molar-refractivity contribution in [2.75, 3.05) is 39.5 Å². The molecule has 1 fully saturated rings. The fourth-order valence-corrected chi connectivity index (χ4v) is 1.42. The lowest BCUT2D eigenvalue weighted by molar-refractivity contribution is -0.00575. The number of piperidine rings is 1. The first-order chi connectivity index (χ1) is 6.43. The molecule has 1 aliphatic heterocycles. The minimum absolute atomic E-state index is 0.433. The van der Waals surface area contributed by atoms with Gasteiger partial charge in [-0.1, -0.05) is 0 Å². The molecule has 0 spiro atoms. The molecule has 0 aromatic carbocycles. The molecule has 1 aliphatic rings. The molecule has 0 radical (unpaired) electrons. The number of rotatable bonds is 6. The summed E-state index contributed by atoms with van der Waals surface area (Å²) in [5.41, 5.74) is 5.28. The molecule has 4 heteroatoms. The van der Waals surface area contributed by atoms with Crippen LogP contribution >= 0.6 is 0 Å². The van der Waals surface area contributed by atoms with Crippen LogP contribution in [0.25, 0.3) is 0 Å².